The van der Waals surface area contributed by atoms with Gasteiger partial charge >= 0.3 is 0 Å². The molecule has 2 amide bonds. The quantitative estimate of drug-likeness (QED) is 0.771. The Hall–Kier alpha value is -3.54. The summed E-state index contributed by atoms with van der Waals surface area (Å²) in [6, 6.07) is 19.6. The van der Waals surface area contributed by atoms with Gasteiger partial charge in [-0.05, 0) is 36.4 Å². The fourth-order valence-corrected chi connectivity index (χ4v) is 2.39. The molecule has 2 aromatic heterocycles. The first-order valence-electron chi connectivity index (χ1n) is 8.13. The second-order valence-electron chi connectivity index (χ2n) is 5.61. The minimum Gasteiger partial charge on any atom is -0.345 e. The number of benzene rings is 1. The lowest BCUT2D eigenvalue weighted by molar-refractivity contribution is 0.0945. The van der Waals surface area contributed by atoms with Crippen LogP contribution in [0.1, 0.15) is 26.7 Å². The minimum atomic E-state index is -0.354. The van der Waals surface area contributed by atoms with Gasteiger partial charge in [-0.2, -0.15) is 0 Å². The van der Waals surface area contributed by atoms with Crippen molar-refractivity contribution in [2.24, 2.45) is 0 Å². The number of para-hydroxylation sites is 1. The van der Waals surface area contributed by atoms with E-state index in [4.69, 9.17) is 0 Å². The van der Waals surface area contributed by atoms with Gasteiger partial charge in [-0.25, -0.2) is 4.98 Å². The van der Waals surface area contributed by atoms with Crippen LogP contribution in [0.2, 0.25) is 0 Å². The molecule has 2 heterocycles. The number of carbonyl (C=O) groups excluding carboxylic acids is 2. The topological polar surface area (TPSA) is 75.2 Å². The molecule has 0 aliphatic rings. The number of anilines is 1. The Kier molecular flexibility index (Phi) is 5.34. The maximum Gasteiger partial charge on any atom is 0.276 e. The van der Waals surface area contributed by atoms with Crippen LogP contribution in [-0.4, -0.2) is 28.8 Å². The highest BCUT2D eigenvalue weighted by atomic mass is 16.2. The molecule has 0 bridgehead atoms. The van der Waals surface area contributed by atoms with Gasteiger partial charge in [-0.15, -0.1) is 0 Å². The molecule has 1 aromatic carbocycles. The number of hydrogen-bond donors (Lipinski definition) is 1. The molecular formula is C20H18N4O2. The lowest BCUT2D eigenvalue weighted by Crippen LogP contribution is -2.29. The van der Waals surface area contributed by atoms with Crippen LogP contribution in [0.25, 0.3) is 0 Å². The van der Waals surface area contributed by atoms with Gasteiger partial charge in [0.25, 0.3) is 11.8 Å². The van der Waals surface area contributed by atoms with E-state index in [0.717, 1.165) is 11.4 Å². The van der Waals surface area contributed by atoms with Gasteiger partial charge in [-0.1, -0.05) is 30.3 Å². The van der Waals surface area contributed by atoms with E-state index in [-0.39, 0.29) is 23.2 Å². The third-order valence-corrected chi connectivity index (χ3v) is 3.81. The molecule has 0 saturated heterocycles. The number of aromatic nitrogens is 2. The molecule has 0 fully saturated rings. The summed E-state index contributed by atoms with van der Waals surface area (Å²) >= 11 is 0. The summed E-state index contributed by atoms with van der Waals surface area (Å²) in [4.78, 5) is 34.8. The van der Waals surface area contributed by atoms with Gasteiger partial charge in [0.1, 0.15) is 11.4 Å². The van der Waals surface area contributed by atoms with E-state index < -0.39 is 0 Å². The van der Waals surface area contributed by atoms with Crippen molar-refractivity contribution in [2.45, 2.75) is 6.54 Å². The van der Waals surface area contributed by atoms with Crippen molar-refractivity contribution in [3.63, 3.8) is 0 Å². The second-order valence-corrected chi connectivity index (χ2v) is 5.61. The van der Waals surface area contributed by atoms with E-state index in [9.17, 15) is 9.59 Å². The van der Waals surface area contributed by atoms with Crippen molar-refractivity contribution in [1.82, 2.24) is 15.3 Å². The Morgan fingerprint density at radius 2 is 1.65 bits per heavy atom. The largest absolute Gasteiger partial charge is 0.345 e. The number of rotatable bonds is 5. The molecule has 0 spiro atoms. The van der Waals surface area contributed by atoms with E-state index in [0.29, 0.717) is 6.54 Å². The van der Waals surface area contributed by atoms with Gasteiger partial charge in [0, 0.05) is 18.9 Å². The van der Waals surface area contributed by atoms with Crippen LogP contribution < -0.4 is 10.2 Å². The maximum absolute atomic E-state index is 12.6. The van der Waals surface area contributed by atoms with E-state index in [2.05, 4.69) is 15.3 Å². The summed E-state index contributed by atoms with van der Waals surface area (Å²) in [6.45, 7) is 0.295. The van der Waals surface area contributed by atoms with Crippen LogP contribution >= 0.6 is 0 Å². The van der Waals surface area contributed by atoms with Crippen molar-refractivity contribution in [3.05, 3.63) is 90.0 Å². The van der Waals surface area contributed by atoms with Crippen molar-refractivity contribution >= 4 is 17.5 Å². The normalized spacial score (nSPS) is 10.2. The molecule has 0 aliphatic carbocycles. The Bertz CT molecular complexity index is 898. The van der Waals surface area contributed by atoms with Gasteiger partial charge in [0.15, 0.2) is 0 Å². The molecule has 3 rings (SSSR count). The first kappa shape index (κ1) is 17.3. The smallest absolute Gasteiger partial charge is 0.276 e. The third kappa shape index (κ3) is 4.10. The highest BCUT2D eigenvalue weighted by Gasteiger charge is 2.17. The average Bonchev–Trinajstić information content (AvgIpc) is 2.72. The van der Waals surface area contributed by atoms with E-state index in [1.54, 1.807) is 31.4 Å². The Balaban J connectivity index is 1.71. The van der Waals surface area contributed by atoms with Gasteiger partial charge in [0.05, 0.1) is 12.2 Å². The van der Waals surface area contributed by atoms with Gasteiger partial charge < -0.3 is 10.2 Å². The number of amides is 2. The van der Waals surface area contributed by atoms with Crippen LogP contribution in [0.3, 0.4) is 0 Å². The standard InChI is InChI=1S/C20H18N4O2/c1-24(16-9-3-2-4-10-16)20(26)18-12-7-11-17(23-18)19(25)22-14-15-8-5-6-13-21-15/h2-13H,14H2,1H3,(H,22,25). The number of nitrogens with one attached hydrogen (secondary N) is 1. The maximum atomic E-state index is 12.6. The lowest BCUT2D eigenvalue weighted by Gasteiger charge is -2.17. The van der Waals surface area contributed by atoms with Crippen molar-refractivity contribution in [1.29, 1.82) is 0 Å². The number of pyridine rings is 2. The Morgan fingerprint density at radius 3 is 2.38 bits per heavy atom. The second kappa shape index (κ2) is 8.02. The summed E-state index contributed by atoms with van der Waals surface area (Å²) in [5, 5.41) is 2.75. The zero-order valence-electron chi connectivity index (χ0n) is 14.3. The van der Waals surface area contributed by atoms with Crippen LogP contribution in [0.5, 0.6) is 0 Å². The Morgan fingerprint density at radius 1 is 0.923 bits per heavy atom. The first-order valence-corrected chi connectivity index (χ1v) is 8.13. The molecule has 3 aromatic rings. The monoisotopic (exact) mass is 346 g/mol. The summed E-state index contributed by atoms with van der Waals surface area (Å²) in [7, 11) is 1.67. The summed E-state index contributed by atoms with van der Waals surface area (Å²) in [5.74, 6) is -0.636. The average molecular weight is 346 g/mol. The van der Waals surface area contributed by atoms with Crippen LogP contribution in [0.4, 0.5) is 5.69 Å². The predicted octanol–water partition coefficient (Wildman–Crippen LogP) is 2.68. The van der Waals surface area contributed by atoms with E-state index in [1.807, 2.05) is 48.5 Å². The van der Waals surface area contributed by atoms with Crippen LogP contribution in [0.15, 0.2) is 72.9 Å². The zero-order valence-corrected chi connectivity index (χ0v) is 14.3. The van der Waals surface area contributed by atoms with Crippen molar-refractivity contribution < 1.29 is 9.59 Å². The molecule has 6 nitrogen and oxygen atoms in total. The first-order chi connectivity index (χ1) is 12.6. The number of hydrogen-bond acceptors (Lipinski definition) is 4. The van der Waals surface area contributed by atoms with Crippen molar-refractivity contribution in [3.8, 4) is 0 Å². The molecule has 0 aliphatic heterocycles. The summed E-state index contributed by atoms with van der Waals surface area (Å²) in [6.07, 6.45) is 1.67. The Labute approximate surface area is 151 Å². The number of carbonyl (C=O) groups is 2. The third-order valence-electron chi connectivity index (χ3n) is 3.81. The van der Waals surface area contributed by atoms with E-state index in [1.165, 1.54) is 4.90 Å². The highest BCUT2D eigenvalue weighted by molar-refractivity contribution is 6.05. The molecule has 0 atom stereocenters. The molecule has 0 radical (unpaired) electrons. The zero-order chi connectivity index (χ0) is 18.4. The number of nitrogens with zero attached hydrogens (tertiary/aromatic N) is 3. The fourth-order valence-electron chi connectivity index (χ4n) is 2.39. The van der Waals surface area contributed by atoms with Crippen LogP contribution in [-0.2, 0) is 6.54 Å². The molecule has 6 heteroatoms. The van der Waals surface area contributed by atoms with Crippen molar-refractivity contribution in [2.75, 3.05) is 11.9 Å². The molecule has 130 valence electrons. The van der Waals surface area contributed by atoms with Gasteiger partial charge in [-0.3, -0.25) is 14.6 Å². The fraction of sp³-hybridized carbons (Fsp3) is 0.100. The molecule has 26 heavy (non-hydrogen) atoms. The summed E-state index contributed by atoms with van der Waals surface area (Å²) < 4.78 is 0. The van der Waals surface area contributed by atoms with E-state index >= 15 is 0 Å². The molecule has 0 unspecified atom stereocenters. The SMILES string of the molecule is CN(C(=O)c1cccc(C(=O)NCc2ccccn2)n1)c1ccccc1. The molecular weight excluding hydrogens is 328 g/mol. The highest BCUT2D eigenvalue weighted by Crippen LogP contribution is 2.14. The molecule has 0 saturated carbocycles. The van der Waals surface area contributed by atoms with Crippen LogP contribution in [0, 0.1) is 0 Å². The van der Waals surface area contributed by atoms with Gasteiger partial charge in [0.2, 0.25) is 0 Å². The minimum absolute atomic E-state index is 0.188. The molecule has 1 N–H and O–H groups in total. The predicted molar refractivity (Wildman–Crippen MR) is 98.8 cm³/mol. The lowest BCUT2D eigenvalue weighted by atomic mass is 10.2. The summed E-state index contributed by atoms with van der Waals surface area (Å²) in [5.41, 5.74) is 1.90.